The summed E-state index contributed by atoms with van der Waals surface area (Å²) in [5.74, 6) is 0.907. The van der Waals surface area contributed by atoms with Gasteiger partial charge in [0.15, 0.2) is 5.75 Å². The average Bonchev–Trinajstić information content (AvgIpc) is 2.70. The Labute approximate surface area is 167 Å². The predicted molar refractivity (Wildman–Crippen MR) is 108 cm³/mol. The highest BCUT2D eigenvalue weighted by Crippen LogP contribution is 2.30. The quantitative estimate of drug-likeness (QED) is 0.667. The van der Waals surface area contributed by atoms with E-state index < -0.39 is 6.09 Å². The van der Waals surface area contributed by atoms with E-state index in [1.165, 1.54) is 12.7 Å². The molecule has 1 aromatic heterocycles. The van der Waals surface area contributed by atoms with Crippen LogP contribution < -0.4 is 15.8 Å². The summed E-state index contributed by atoms with van der Waals surface area (Å²) in [6, 6.07) is 15.0. The van der Waals surface area contributed by atoms with Crippen LogP contribution in [-0.2, 0) is 0 Å². The first-order chi connectivity index (χ1) is 14.1. The van der Waals surface area contributed by atoms with Gasteiger partial charge in [-0.05, 0) is 49.3 Å². The molecule has 146 valence electrons. The van der Waals surface area contributed by atoms with Crippen molar-refractivity contribution in [1.29, 1.82) is 5.26 Å². The van der Waals surface area contributed by atoms with Crippen molar-refractivity contribution in [3.8, 4) is 11.8 Å². The van der Waals surface area contributed by atoms with Crippen LogP contribution in [0.3, 0.4) is 0 Å². The van der Waals surface area contributed by atoms with Gasteiger partial charge in [0.1, 0.15) is 17.7 Å². The summed E-state index contributed by atoms with van der Waals surface area (Å²) < 4.78 is 5.07. The number of nitrogens with zero attached hydrogens (tertiary/aromatic N) is 4. The second-order valence-corrected chi connectivity index (χ2v) is 6.88. The number of likely N-dealkylation sites (tertiary alicyclic amines) is 1. The second-order valence-electron chi connectivity index (χ2n) is 6.88. The number of aromatic nitrogens is 2. The zero-order chi connectivity index (χ0) is 20.2. The van der Waals surface area contributed by atoms with Crippen LogP contribution in [0.5, 0.6) is 5.75 Å². The fourth-order valence-electron chi connectivity index (χ4n) is 3.41. The molecule has 3 aromatic rings. The van der Waals surface area contributed by atoms with Gasteiger partial charge in [-0.25, -0.2) is 14.8 Å². The van der Waals surface area contributed by atoms with E-state index in [0.29, 0.717) is 16.9 Å². The highest BCUT2D eigenvalue weighted by atomic mass is 16.5. The number of carbonyl (C=O) groups is 1. The molecule has 0 unspecified atom stereocenters. The number of amides is 1. The van der Waals surface area contributed by atoms with E-state index >= 15 is 0 Å². The maximum atomic E-state index is 11.2. The summed E-state index contributed by atoms with van der Waals surface area (Å²) in [6.07, 6.45) is 1.72. The Kier molecular flexibility index (Phi) is 5.22. The summed E-state index contributed by atoms with van der Waals surface area (Å²) in [5.41, 5.74) is 7.28. The molecule has 0 radical (unpaired) electrons. The van der Waals surface area contributed by atoms with Crippen molar-refractivity contribution in [3.05, 3.63) is 59.9 Å². The topological polar surface area (TPSA) is 117 Å². The van der Waals surface area contributed by atoms with Crippen LogP contribution in [0.4, 0.5) is 10.6 Å². The van der Waals surface area contributed by atoms with Crippen LogP contribution in [0, 0.1) is 11.3 Å². The molecule has 4 rings (SSSR count). The molecule has 1 saturated heterocycles. The first kappa shape index (κ1) is 18.7. The summed E-state index contributed by atoms with van der Waals surface area (Å²) in [4.78, 5) is 22.2. The largest absolute Gasteiger partial charge is 0.410 e. The van der Waals surface area contributed by atoms with Crippen molar-refractivity contribution in [3.63, 3.8) is 0 Å². The smallest absolute Gasteiger partial charge is 0.408 e. The summed E-state index contributed by atoms with van der Waals surface area (Å²) in [5, 5.41) is 13.5. The zero-order valence-corrected chi connectivity index (χ0v) is 15.7. The molecule has 0 spiro atoms. The third-order valence-corrected chi connectivity index (χ3v) is 4.96. The molecule has 1 fully saturated rings. The highest BCUT2D eigenvalue weighted by Gasteiger charge is 2.22. The molecule has 8 nitrogen and oxygen atoms in total. The minimum Gasteiger partial charge on any atom is -0.408 e. The monoisotopic (exact) mass is 388 g/mol. The Bertz CT molecular complexity index is 1090. The maximum Gasteiger partial charge on any atom is 0.410 e. The molecule has 2 aromatic carbocycles. The Morgan fingerprint density at radius 1 is 1.28 bits per heavy atom. The van der Waals surface area contributed by atoms with E-state index in [0.717, 1.165) is 30.6 Å². The summed E-state index contributed by atoms with van der Waals surface area (Å²) >= 11 is 0. The maximum absolute atomic E-state index is 11.2. The normalized spacial score (nSPS) is 14.6. The van der Waals surface area contributed by atoms with Gasteiger partial charge in [0.05, 0.1) is 17.7 Å². The molecule has 1 atom stereocenters. The van der Waals surface area contributed by atoms with Gasteiger partial charge < -0.3 is 20.7 Å². The van der Waals surface area contributed by atoms with Crippen LogP contribution >= 0.6 is 0 Å². The third-order valence-electron chi connectivity index (χ3n) is 4.96. The Morgan fingerprint density at radius 2 is 2.10 bits per heavy atom. The first-order valence-electron chi connectivity index (χ1n) is 9.34. The number of nitrogens with one attached hydrogen (secondary N) is 1. The molecule has 0 bridgehead atoms. The van der Waals surface area contributed by atoms with E-state index in [2.05, 4.69) is 26.3 Å². The van der Waals surface area contributed by atoms with Crippen LogP contribution in [-0.4, -0.2) is 40.6 Å². The van der Waals surface area contributed by atoms with Gasteiger partial charge in [0, 0.05) is 11.9 Å². The van der Waals surface area contributed by atoms with Gasteiger partial charge >= 0.3 is 6.09 Å². The first-order valence-corrected chi connectivity index (χ1v) is 9.34. The van der Waals surface area contributed by atoms with Crippen molar-refractivity contribution in [2.45, 2.75) is 12.5 Å². The van der Waals surface area contributed by atoms with Gasteiger partial charge in [0.2, 0.25) is 0 Å². The lowest BCUT2D eigenvalue weighted by Gasteiger charge is -2.35. The van der Waals surface area contributed by atoms with Gasteiger partial charge in [-0.3, -0.25) is 0 Å². The number of hydrogen-bond acceptors (Lipinski definition) is 7. The molecule has 0 aliphatic carbocycles. The van der Waals surface area contributed by atoms with Crippen LogP contribution in [0.25, 0.3) is 10.9 Å². The lowest BCUT2D eigenvalue weighted by atomic mass is 10.0. The number of para-hydroxylation sites is 1. The molecule has 1 aliphatic rings. The molecule has 29 heavy (non-hydrogen) atoms. The van der Waals surface area contributed by atoms with E-state index in [1.807, 2.05) is 24.3 Å². The average molecular weight is 388 g/mol. The predicted octanol–water partition coefficient (Wildman–Crippen LogP) is 2.82. The molecule has 0 saturated carbocycles. The van der Waals surface area contributed by atoms with E-state index in [1.54, 1.807) is 18.2 Å². The Hall–Kier alpha value is -3.70. The van der Waals surface area contributed by atoms with E-state index in [9.17, 15) is 10.1 Å². The van der Waals surface area contributed by atoms with Crippen LogP contribution in [0.2, 0.25) is 0 Å². The third kappa shape index (κ3) is 4.10. The molecule has 8 heteroatoms. The number of anilines is 1. The zero-order valence-electron chi connectivity index (χ0n) is 15.7. The number of fused-ring (bicyclic) bond motifs is 1. The Balaban J connectivity index is 1.70. The number of carbonyl (C=O) groups excluding carboxylic acids is 1. The van der Waals surface area contributed by atoms with Gasteiger partial charge in [-0.15, -0.1) is 0 Å². The SMILES string of the molecule is N#Cc1cccc([C@@H](CN2CCC2)Nc2ncnc3c(OC(N)=O)cccc23)c1. The van der Waals surface area contributed by atoms with Crippen molar-refractivity contribution in [2.75, 3.05) is 25.0 Å². The number of hydrogen-bond donors (Lipinski definition) is 2. The van der Waals surface area contributed by atoms with Crippen molar-refractivity contribution < 1.29 is 9.53 Å². The fraction of sp³-hybridized carbons (Fsp3) is 0.238. The molecule has 3 N–H and O–H groups in total. The second kappa shape index (κ2) is 8.12. The molecule has 2 heterocycles. The minimum atomic E-state index is -0.894. The van der Waals surface area contributed by atoms with Crippen LogP contribution in [0.15, 0.2) is 48.8 Å². The number of nitriles is 1. The molecular formula is C21H20N6O2. The number of benzene rings is 2. The van der Waals surface area contributed by atoms with Crippen molar-refractivity contribution >= 4 is 22.8 Å². The van der Waals surface area contributed by atoms with E-state index in [4.69, 9.17) is 10.5 Å². The summed E-state index contributed by atoms with van der Waals surface area (Å²) in [6.45, 7) is 2.90. The Morgan fingerprint density at radius 3 is 2.83 bits per heavy atom. The van der Waals surface area contributed by atoms with Crippen molar-refractivity contribution in [1.82, 2.24) is 14.9 Å². The lowest BCUT2D eigenvalue weighted by molar-refractivity contribution is 0.174. The lowest BCUT2D eigenvalue weighted by Crippen LogP contribution is -2.41. The van der Waals surface area contributed by atoms with Gasteiger partial charge in [0.25, 0.3) is 0 Å². The standard InChI is InChI=1S/C21H20N6O2/c22-11-14-4-1-5-15(10-14)17(12-27-8-3-9-27)26-20-16-6-2-7-18(29-21(23)28)19(16)24-13-25-20/h1-2,4-7,10,13,17H,3,8-9,12H2,(H2,23,28)(H,24,25,26)/t17-/m1/s1. The number of primary amides is 1. The molecule has 1 amide bonds. The number of rotatable bonds is 6. The fourth-order valence-corrected chi connectivity index (χ4v) is 3.41. The van der Waals surface area contributed by atoms with Crippen molar-refractivity contribution in [2.24, 2.45) is 5.73 Å². The van der Waals surface area contributed by atoms with Crippen LogP contribution in [0.1, 0.15) is 23.6 Å². The number of nitrogens with two attached hydrogens (primary N) is 1. The molecular weight excluding hydrogens is 368 g/mol. The van der Waals surface area contributed by atoms with E-state index in [-0.39, 0.29) is 11.8 Å². The van der Waals surface area contributed by atoms with Gasteiger partial charge in [-0.2, -0.15) is 5.26 Å². The number of ether oxygens (including phenoxy) is 1. The van der Waals surface area contributed by atoms with Gasteiger partial charge in [-0.1, -0.05) is 18.2 Å². The summed E-state index contributed by atoms with van der Waals surface area (Å²) in [7, 11) is 0. The minimum absolute atomic E-state index is 0.0672. The molecule has 1 aliphatic heterocycles. The highest BCUT2D eigenvalue weighted by molar-refractivity contribution is 5.94.